The molecule has 1 unspecified atom stereocenters. The Morgan fingerprint density at radius 3 is 2.73 bits per heavy atom. The van der Waals surface area contributed by atoms with Gasteiger partial charge in [0.1, 0.15) is 11.0 Å². The minimum Gasteiger partial charge on any atom is -0.480 e. The molecule has 0 fully saturated rings. The fraction of sp³-hybridized carbons (Fsp3) is 0.250. The van der Waals surface area contributed by atoms with Crippen LogP contribution in [-0.4, -0.2) is 23.1 Å². The van der Waals surface area contributed by atoms with Crippen LogP contribution in [0.5, 0.6) is 0 Å². The van der Waals surface area contributed by atoms with Crippen LogP contribution in [0.3, 0.4) is 0 Å². The third-order valence-corrected chi connectivity index (χ3v) is 2.63. The number of hydrogen-bond acceptors (Lipinski definition) is 4. The number of nitrogens with two attached hydrogens (primary N) is 3. The number of hydrogen-bond donors (Lipinski definition) is 4. The van der Waals surface area contributed by atoms with Crippen LogP contribution in [0.4, 0.5) is 5.00 Å². The number of guanidine groups is 1. The fourth-order valence-electron chi connectivity index (χ4n) is 0.968. The minimum absolute atomic E-state index is 0.0223. The number of thiophene rings is 1. The molecule has 1 aromatic heterocycles. The summed E-state index contributed by atoms with van der Waals surface area (Å²) >= 11 is 1.32. The van der Waals surface area contributed by atoms with Crippen molar-refractivity contribution in [2.45, 2.75) is 12.5 Å². The molecule has 0 aliphatic carbocycles. The van der Waals surface area contributed by atoms with E-state index >= 15 is 0 Å². The van der Waals surface area contributed by atoms with Crippen molar-refractivity contribution in [2.24, 2.45) is 22.2 Å². The normalized spacial score (nSPS) is 12.1. The Morgan fingerprint density at radius 1 is 1.53 bits per heavy atom. The average molecular weight is 228 g/mol. The van der Waals surface area contributed by atoms with E-state index in [1.165, 1.54) is 11.3 Å². The molecule has 0 aliphatic rings. The number of aliphatic carboxylic acids is 1. The lowest BCUT2D eigenvalue weighted by atomic mass is 10.2. The van der Waals surface area contributed by atoms with Gasteiger partial charge in [0.25, 0.3) is 0 Å². The van der Waals surface area contributed by atoms with E-state index < -0.39 is 12.0 Å². The van der Waals surface area contributed by atoms with Crippen molar-refractivity contribution in [3.63, 3.8) is 0 Å². The molecule has 0 aromatic carbocycles. The Kier molecular flexibility index (Phi) is 3.64. The fourth-order valence-corrected chi connectivity index (χ4v) is 1.92. The lowest BCUT2D eigenvalue weighted by Gasteiger charge is -2.02. The van der Waals surface area contributed by atoms with Gasteiger partial charge in [0.05, 0.1) is 0 Å². The van der Waals surface area contributed by atoms with Gasteiger partial charge in [-0.05, 0) is 12.1 Å². The van der Waals surface area contributed by atoms with E-state index in [9.17, 15) is 4.79 Å². The number of nitrogens with zero attached hydrogens (tertiary/aromatic N) is 1. The molecule has 7 N–H and O–H groups in total. The molecule has 15 heavy (non-hydrogen) atoms. The summed E-state index contributed by atoms with van der Waals surface area (Å²) in [4.78, 5) is 15.2. The topological polar surface area (TPSA) is 128 Å². The second-order valence-corrected chi connectivity index (χ2v) is 4.07. The van der Waals surface area contributed by atoms with Crippen LogP contribution in [0, 0.1) is 0 Å². The largest absolute Gasteiger partial charge is 0.480 e. The molecule has 0 saturated carbocycles. The second kappa shape index (κ2) is 4.76. The van der Waals surface area contributed by atoms with Gasteiger partial charge in [-0.2, -0.15) is 0 Å². The van der Waals surface area contributed by atoms with Gasteiger partial charge in [-0.1, -0.05) is 0 Å². The molecule has 0 spiro atoms. The number of carbonyl (C=O) groups is 1. The van der Waals surface area contributed by atoms with Crippen LogP contribution in [0.1, 0.15) is 4.88 Å². The van der Waals surface area contributed by atoms with Gasteiger partial charge < -0.3 is 22.3 Å². The SMILES string of the molecule is NC(N)=Nc1ccc(CC(N)C(=O)O)s1. The molecule has 7 heteroatoms. The number of carboxylic acids is 1. The maximum absolute atomic E-state index is 10.5. The second-order valence-electron chi connectivity index (χ2n) is 2.93. The van der Waals surface area contributed by atoms with Gasteiger partial charge in [-0.3, -0.25) is 4.79 Å². The Labute approximate surface area is 90.4 Å². The third-order valence-electron chi connectivity index (χ3n) is 1.63. The molecular weight excluding hydrogens is 216 g/mol. The smallest absolute Gasteiger partial charge is 0.320 e. The standard InChI is InChI=1S/C8H12N4O2S/c9-5(7(13)14)3-4-1-2-6(15-4)12-8(10)11/h1-2,5H,3,9H2,(H,13,14)(H4,10,11,12). The van der Waals surface area contributed by atoms with Crippen LogP contribution in [-0.2, 0) is 11.2 Å². The average Bonchev–Trinajstić information content (AvgIpc) is 2.51. The highest BCUT2D eigenvalue weighted by Gasteiger charge is 2.13. The van der Waals surface area contributed by atoms with Crippen molar-refractivity contribution < 1.29 is 9.90 Å². The van der Waals surface area contributed by atoms with Gasteiger partial charge in [-0.25, -0.2) is 4.99 Å². The lowest BCUT2D eigenvalue weighted by Crippen LogP contribution is -2.31. The van der Waals surface area contributed by atoms with Gasteiger partial charge in [0.15, 0.2) is 5.96 Å². The van der Waals surface area contributed by atoms with Crippen LogP contribution in [0.15, 0.2) is 17.1 Å². The summed E-state index contributed by atoms with van der Waals surface area (Å²) in [7, 11) is 0. The lowest BCUT2D eigenvalue weighted by molar-refractivity contribution is -0.138. The Morgan fingerprint density at radius 2 is 2.20 bits per heavy atom. The molecule has 0 amide bonds. The van der Waals surface area contributed by atoms with Crippen molar-refractivity contribution in [3.05, 3.63) is 17.0 Å². The van der Waals surface area contributed by atoms with Gasteiger partial charge in [0, 0.05) is 11.3 Å². The quantitative estimate of drug-likeness (QED) is 0.412. The third kappa shape index (κ3) is 3.56. The van der Waals surface area contributed by atoms with E-state index in [2.05, 4.69) is 4.99 Å². The van der Waals surface area contributed by atoms with Crippen molar-refractivity contribution in [3.8, 4) is 0 Å². The maximum Gasteiger partial charge on any atom is 0.320 e. The van der Waals surface area contributed by atoms with E-state index in [0.29, 0.717) is 5.00 Å². The molecule has 0 radical (unpaired) electrons. The summed E-state index contributed by atoms with van der Waals surface area (Å²) in [5.74, 6) is -1.04. The summed E-state index contributed by atoms with van der Waals surface area (Å²) in [6.45, 7) is 0. The van der Waals surface area contributed by atoms with E-state index in [1.807, 2.05) is 0 Å². The van der Waals surface area contributed by atoms with Gasteiger partial charge in [-0.15, -0.1) is 11.3 Å². The highest BCUT2D eigenvalue weighted by Crippen LogP contribution is 2.25. The molecule has 0 aliphatic heterocycles. The van der Waals surface area contributed by atoms with E-state index in [4.69, 9.17) is 22.3 Å². The van der Waals surface area contributed by atoms with E-state index in [0.717, 1.165) is 4.88 Å². The predicted molar refractivity (Wildman–Crippen MR) is 59.1 cm³/mol. The zero-order valence-electron chi connectivity index (χ0n) is 7.88. The molecule has 0 saturated heterocycles. The maximum atomic E-state index is 10.5. The van der Waals surface area contributed by atoms with E-state index in [1.54, 1.807) is 12.1 Å². The highest BCUT2D eigenvalue weighted by molar-refractivity contribution is 7.15. The number of rotatable bonds is 4. The predicted octanol–water partition coefficient (Wildman–Crippen LogP) is -0.393. The van der Waals surface area contributed by atoms with Gasteiger partial charge in [0.2, 0.25) is 0 Å². The summed E-state index contributed by atoms with van der Waals surface area (Å²) in [5, 5.41) is 9.25. The Balaban J connectivity index is 2.69. The summed E-state index contributed by atoms with van der Waals surface area (Å²) < 4.78 is 0. The van der Waals surface area contributed by atoms with Crippen LogP contribution in [0.25, 0.3) is 0 Å². The number of aliphatic imine (C=N–C) groups is 1. The highest BCUT2D eigenvalue weighted by atomic mass is 32.1. The Hall–Kier alpha value is -1.60. The van der Waals surface area contributed by atoms with Crippen molar-refractivity contribution in [2.75, 3.05) is 0 Å². The monoisotopic (exact) mass is 228 g/mol. The van der Waals surface area contributed by atoms with E-state index in [-0.39, 0.29) is 12.4 Å². The van der Waals surface area contributed by atoms with Gasteiger partial charge >= 0.3 is 5.97 Å². The molecule has 1 rings (SSSR count). The summed E-state index contributed by atoms with van der Waals surface area (Å²) in [6, 6.07) is 2.58. The molecule has 82 valence electrons. The molecule has 1 aromatic rings. The van der Waals surface area contributed by atoms with Crippen molar-refractivity contribution in [1.82, 2.24) is 0 Å². The van der Waals surface area contributed by atoms with Crippen molar-refractivity contribution in [1.29, 1.82) is 0 Å². The first-order valence-corrected chi connectivity index (χ1v) is 4.97. The molecule has 0 bridgehead atoms. The number of carboxylic acid groups (broad SMARTS) is 1. The zero-order chi connectivity index (χ0) is 11.4. The molecule has 1 atom stereocenters. The zero-order valence-corrected chi connectivity index (χ0v) is 8.70. The van der Waals surface area contributed by atoms with Crippen LogP contribution >= 0.6 is 11.3 Å². The first-order valence-electron chi connectivity index (χ1n) is 4.16. The van der Waals surface area contributed by atoms with Crippen LogP contribution < -0.4 is 17.2 Å². The minimum atomic E-state index is -1.02. The first kappa shape index (κ1) is 11.5. The summed E-state index contributed by atoms with van der Waals surface area (Å²) in [5.41, 5.74) is 15.8. The first-order chi connectivity index (χ1) is 6.99. The van der Waals surface area contributed by atoms with Crippen molar-refractivity contribution >= 4 is 28.3 Å². The van der Waals surface area contributed by atoms with Crippen LogP contribution in [0.2, 0.25) is 0 Å². The molecule has 1 heterocycles. The summed E-state index contributed by atoms with van der Waals surface area (Å²) in [6.07, 6.45) is 0.278. The molecule has 6 nitrogen and oxygen atoms in total. The Bertz CT molecular complexity index is 384. The molecular formula is C8H12N4O2S.